The van der Waals surface area contributed by atoms with Crippen LogP contribution in [0.25, 0.3) is 11.3 Å². The van der Waals surface area contributed by atoms with Crippen LogP contribution in [-0.4, -0.2) is 17.0 Å². The number of anilines is 1. The summed E-state index contributed by atoms with van der Waals surface area (Å²) in [7, 11) is 0. The summed E-state index contributed by atoms with van der Waals surface area (Å²) in [5.41, 5.74) is 4.80. The number of rotatable bonds is 4. The van der Waals surface area contributed by atoms with Crippen LogP contribution < -0.4 is 10.6 Å². The molecule has 1 aliphatic rings. The van der Waals surface area contributed by atoms with Crippen LogP contribution >= 0.6 is 0 Å². The molecule has 0 bridgehead atoms. The van der Waals surface area contributed by atoms with Gasteiger partial charge >= 0.3 is 11.8 Å². The standard InChI is InChI=1S/C21H19N3O3/c25-20(21(26)23-17-10-9-14-7-4-8-16(14)11-17)22-13-18-12-19(24-27-18)15-5-2-1-3-6-15/h1-3,5-6,9-12H,4,7-8,13H2,(H,22,25)(H,23,26). The van der Waals surface area contributed by atoms with Gasteiger partial charge < -0.3 is 15.2 Å². The molecular formula is C21H19N3O3. The number of hydrogen-bond acceptors (Lipinski definition) is 4. The van der Waals surface area contributed by atoms with Crippen LogP contribution in [0, 0.1) is 0 Å². The molecule has 2 N–H and O–H groups in total. The molecule has 1 heterocycles. The summed E-state index contributed by atoms with van der Waals surface area (Å²) < 4.78 is 5.22. The Morgan fingerprint density at radius 1 is 0.963 bits per heavy atom. The first-order chi connectivity index (χ1) is 13.2. The lowest BCUT2D eigenvalue weighted by molar-refractivity contribution is -0.136. The Bertz CT molecular complexity index is 979. The third-order valence-electron chi connectivity index (χ3n) is 4.61. The maximum absolute atomic E-state index is 12.1. The Hall–Kier alpha value is -3.41. The van der Waals surface area contributed by atoms with Gasteiger partial charge in [0.2, 0.25) is 0 Å². The number of carbonyl (C=O) groups excluding carboxylic acids is 2. The van der Waals surface area contributed by atoms with E-state index in [1.165, 1.54) is 11.1 Å². The number of aromatic nitrogens is 1. The monoisotopic (exact) mass is 361 g/mol. The second-order valence-electron chi connectivity index (χ2n) is 6.52. The van der Waals surface area contributed by atoms with Gasteiger partial charge in [-0.15, -0.1) is 0 Å². The summed E-state index contributed by atoms with van der Waals surface area (Å²) in [5.74, 6) is -0.934. The maximum atomic E-state index is 12.1. The fourth-order valence-corrected chi connectivity index (χ4v) is 3.23. The zero-order chi connectivity index (χ0) is 18.6. The van der Waals surface area contributed by atoms with E-state index in [9.17, 15) is 9.59 Å². The molecular weight excluding hydrogens is 342 g/mol. The van der Waals surface area contributed by atoms with E-state index in [2.05, 4.69) is 15.8 Å². The van der Waals surface area contributed by atoms with Gasteiger partial charge in [0, 0.05) is 17.3 Å². The minimum absolute atomic E-state index is 0.0935. The topological polar surface area (TPSA) is 84.2 Å². The molecule has 136 valence electrons. The highest BCUT2D eigenvalue weighted by Gasteiger charge is 2.17. The second kappa shape index (κ2) is 7.45. The lowest BCUT2D eigenvalue weighted by atomic mass is 10.1. The van der Waals surface area contributed by atoms with Crippen molar-refractivity contribution in [2.45, 2.75) is 25.8 Å². The molecule has 27 heavy (non-hydrogen) atoms. The zero-order valence-electron chi connectivity index (χ0n) is 14.7. The van der Waals surface area contributed by atoms with Crippen molar-refractivity contribution in [3.63, 3.8) is 0 Å². The number of nitrogens with zero attached hydrogens (tertiary/aromatic N) is 1. The molecule has 0 atom stereocenters. The van der Waals surface area contributed by atoms with E-state index in [4.69, 9.17) is 4.52 Å². The normalized spacial score (nSPS) is 12.4. The summed E-state index contributed by atoms with van der Waals surface area (Å²) in [5, 5.41) is 9.18. The smallest absolute Gasteiger partial charge is 0.313 e. The van der Waals surface area contributed by atoms with Crippen LogP contribution in [0.2, 0.25) is 0 Å². The van der Waals surface area contributed by atoms with Gasteiger partial charge in [0.05, 0.1) is 6.54 Å². The lowest BCUT2D eigenvalue weighted by Crippen LogP contribution is -2.34. The molecule has 0 radical (unpaired) electrons. The van der Waals surface area contributed by atoms with Gasteiger partial charge in [-0.25, -0.2) is 0 Å². The fourth-order valence-electron chi connectivity index (χ4n) is 3.23. The highest BCUT2D eigenvalue weighted by Crippen LogP contribution is 2.24. The molecule has 2 aromatic carbocycles. The van der Waals surface area contributed by atoms with Crippen molar-refractivity contribution in [1.82, 2.24) is 10.5 Å². The van der Waals surface area contributed by atoms with E-state index in [1.54, 1.807) is 6.07 Å². The van der Waals surface area contributed by atoms with Gasteiger partial charge in [-0.05, 0) is 42.5 Å². The van der Waals surface area contributed by atoms with Gasteiger partial charge in [0.15, 0.2) is 5.76 Å². The van der Waals surface area contributed by atoms with Gasteiger partial charge in [0.25, 0.3) is 0 Å². The number of hydrogen-bond donors (Lipinski definition) is 2. The van der Waals surface area contributed by atoms with E-state index in [0.717, 1.165) is 24.8 Å². The molecule has 0 aliphatic heterocycles. The predicted octanol–water partition coefficient (Wildman–Crippen LogP) is 3.09. The van der Waals surface area contributed by atoms with Crippen LogP contribution in [0.3, 0.4) is 0 Å². The minimum Gasteiger partial charge on any atom is -0.359 e. The molecule has 1 aliphatic carbocycles. The number of aryl methyl sites for hydroxylation is 2. The molecule has 0 unspecified atom stereocenters. The van der Waals surface area contributed by atoms with E-state index in [0.29, 0.717) is 17.1 Å². The second-order valence-corrected chi connectivity index (χ2v) is 6.52. The van der Waals surface area contributed by atoms with Crippen LogP contribution in [-0.2, 0) is 29.0 Å². The van der Waals surface area contributed by atoms with Gasteiger partial charge in [-0.3, -0.25) is 9.59 Å². The largest absolute Gasteiger partial charge is 0.359 e. The van der Waals surface area contributed by atoms with E-state index in [-0.39, 0.29) is 6.54 Å². The van der Waals surface area contributed by atoms with Gasteiger partial charge in [-0.1, -0.05) is 41.6 Å². The average molecular weight is 361 g/mol. The Morgan fingerprint density at radius 3 is 2.63 bits per heavy atom. The first kappa shape index (κ1) is 17.0. The minimum atomic E-state index is -0.715. The zero-order valence-corrected chi connectivity index (χ0v) is 14.7. The highest BCUT2D eigenvalue weighted by molar-refractivity contribution is 6.39. The molecule has 1 aromatic heterocycles. The molecule has 0 saturated carbocycles. The van der Waals surface area contributed by atoms with E-state index in [1.807, 2.05) is 48.5 Å². The van der Waals surface area contributed by atoms with Crippen LogP contribution in [0.5, 0.6) is 0 Å². The number of benzene rings is 2. The van der Waals surface area contributed by atoms with Crippen molar-refractivity contribution in [1.29, 1.82) is 0 Å². The molecule has 6 heteroatoms. The van der Waals surface area contributed by atoms with E-state index >= 15 is 0 Å². The van der Waals surface area contributed by atoms with Gasteiger partial charge in [-0.2, -0.15) is 0 Å². The first-order valence-corrected chi connectivity index (χ1v) is 8.91. The van der Waals surface area contributed by atoms with Crippen molar-refractivity contribution in [3.05, 3.63) is 71.5 Å². The van der Waals surface area contributed by atoms with Crippen LogP contribution in [0.4, 0.5) is 5.69 Å². The summed E-state index contributed by atoms with van der Waals surface area (Å²) in [6.45, 7) is 0.0935. The molecule has 0 fully saturated rings. The Labute approximate surface area is 156 Å². The summed E-state index contributed by atoms with van der Waals surface area (Å²) in [4.78, 5) is 24.1. The third kappa shape index (κ3) is 3.89. The average Bonchev–Trinajstić information content (AvgIpc) is 3.35. The Balaban J connectivity index is 1.33. The number of fused-ring (bicyclic) bond motifs is 1. The van der Waals surface area contributed by atoms with Crippen molar-refractivity contribution >= 4 is 17.5 Å². The maximum Gasteiger partial charge on any atom is 0.313 e. The SMILES string of the molecule is O=C(NCc1cc(-c2ccccc2)no1)C(=O)Nc1ccc2c(c1)CCC2. The molecule has 0 saturated heterocycles. The Kier molecular flexibility index (Phi) is 4.70. The molecule has 2 amide bonds. The molecule has 6 nitrogen and oxygen atoms in total. The molecule has 4 rings (SSSR count). The van der Waals surface area contributed by atoms with Crippen LogP contribution in [0.15, 0.2) is 59.1 Å². The van der Waals surface area contributed by atoms with Crippen LogP contribution in [0.1, 0.15) is 23.3 Å². The van der Waals surface area contributed by atoms with Crippen molar-refractivity contribution in [3.8, 4) is 11.3 Å². The quantitative estimate of drug-likeness (QED) is 0.700. The number of amides is 2. The molecule has 0 spiro atoms. The Morgan fingerprint density at radius 2 is 1.78 bits per heavy atom. The fraction of sp³-hybridized carbons (Fsp3) is 0.190. The van der Waals surface area contributed by atoms with E-state index < -0.39 is 11.8 Å². The van der Waals surface area contributed by atoms with Crippen molar-refractivity contribution < 1.29 is 14.1 Å². The predicted molar refractivity (Wildman–Crippen MR) is 101 cm³/mol. The third-order valence-corrected chi connectivity index (χ3v) is 4.61. The summed E-state index contributed by atoms with van der Waals surface area (Å²) in [6, 6.07) is 17.1. The summed E-state index contributed by atoms with van der Waals surface area (Å²) >= 11 is 0. The number of carbonyl (C=O) groups is 2. The van der Waals surface area contributed by atoms with Gasteiger partial charge in [0.1, 0.15) is 5.69 Å². The highest BCUT2D eigenvalue weighted by atomic mass is 16.5. The lowest BCUT2D eigenvalue weighted by Gasteiger charge is -2.07. The number of nitrogens with one attached hydrogen (secondary N) is 2. The first-order valence-electron chi connectivity index (χ1n) is 8.91. The molecule has 3 aromatic rings. The van der Waals surface area contributed by atoms with Crippen molar-refractivity contribution in [2.24, 2.45) is 0 Å². The van der Waals surface area contributed by atoms with Crippen molar-refractivity contribution in [2.75, 3.05) is 5.32 Å². The summed E-state index contributed by atoms with van der Waals surface area (Å²) in [6.07, 6.45) is 3.22.